The Morgan fingerprint density at radius 1 is 0.692 bits per heavy atom. The second-order valence-electron chi connectivity index (χ2n) is 11.0. The molecule has 12 heteroatoms. The van der Waals surface area contributed by atoms with Gasteiger partial charge in [-0.15, -0.1) is 11.8 Å². The van der Waals surface area contributed by atoms with E-state index in [0.717, 1.165) is 5.56 Å². The van der Waals surface area contributed by atoms with Crippen LogP contribution in [0.5, 0.6) is 23.0 Å². The number of amides is 3. The van der Waals surface area contributed by atoms with Crippen molar-refractivity contribution in [2.75, 3.05) is 39.1 Å². The molecule has 0 fully saturated rings. The Labute approximate surface area is 311 Å². The second kappa shape index (κ2) is 17.8. The molecule has 0 radical (unpaired) electrons. The van der Waals surface area contributed by atoms with Crippen molar-refractivity contribution < 1.29 is 33.3 Å². The van der Waals surface area contributed by atoms with Gasteiger partial charge in [0.25, 0.3) is 11.8 Å². The van der Waals surface area contributed by atoms with Crippen molar-refractivity contribution in [1.29, 1.82) is 0 Å². The van der Waals surface area contributed by atoms with Crippen LogP contribution < -0.4 is 34.9 Å². The minimum atomic E-state index is -0.709. The van der Waals surface area contributed by atoms with Crippen molar-refractivity contribution in [3.05, 3.63) is 143 Å². The Kier molecular flexibility index (Phi) is 12.8. The van der Waals surface area contributed by atoms with Gasteiger partial charge >= 0.3 is 0 Å². The van der Waals surface area contributed by atoms with Crippen molar-refractivity contribution in [2.24, 2.45) is 0 Å². The van der Waals surface area contributed by atoms with Crippen LogP contribution >= 0.6 is 23.4 Å². The third-order valence-electron chi connectivity index (χ3n) is 7.68. The van der Waals surface area contributed by atoms with E-state index in [9.17, 15) is 14.4 Å². The standard InChI is InChI=1S/C40H36ClN3O7S/c1-48-33-20-11-17-27(36(33)51-4)21-32(44-38(45)26-15-9-6-10-16-26)39(46)42-28-18-12-19-29(22-28)52-37(25-13-7-5-8-14-25)40(47)43-31-23-30(41)34(49-2)24-35(31)50-3/h5-24,37H,1-4H3,(H,42,46)(H,43,47)(H,44,45)/b32-21+. The highest BCUT2D eigenvalue weighted by Gasteiger charge is 2.25. The lowest BCUT2D eigenvalue weighted by molar-refractivity contribution is -0.116. The van der Waals surface area contributed by atoms with Crippen LogP contribution in [0.2, 0.25) is 5.02 Å². The molecule has 1 unspecified atom stereocenters. The fourth-order valence-corrected chi connectivity index (χ4v) is 6.49. The number of benzene rings is 5. The number of carbonyl (C=O) groups is 3. The van der Waals surface area contributed by atoms with Crippen molar-refractivity contribution in [1.82, 2.24) is 5.32 Å². The number of nitrogens with one attached hydrogen (secondary N) is 3. The number of hydrogen-bond donors (Lipinski definition) is 3. The highest BCUT2D eigenvalue weighted by Crippen LogP contribution is 2.40. The lowest BCUT2D eigenvalue weighted by Crippen LogP contribution is -2.30. The highest BCUT2D eigenvalue weighted by molar-refractivity contribution is 8.00. The summed E-state index contributed by atoms with van der Waals surface area (Å²) in [5.74, 6) is 0.252. The maximum atomic E-state index is 13.9. The van der Waals surface area contributed by atoms with Crippen LogP contribution in [0.1, 0.15) is 26.7 Å². The molecular weight excluding hydrogens is 702 g/mol. The Morgan fingerprint density at radius 3 is 2.04 bits per heavy atom. The average molecular weight is 738 g/mol. The molecule has 10 nitrogen and oxygen atoms in total. The first-order chi connectivity index (χ1) is 25.2. The Morgan fingerprint density at radius 2 is 1.37 bits per heavy atom. The van der Waals surface area contributed by atoms with Gasteiger partial charge in [-0.1, -0.05) is 78.3 Å². The topological polar surface area (TPSA) is 124 Å². The molecule has 3 amide bonds. The predicted molar refractivity (Wildman–Crippen MR) is 205 cm³/mol. The molecule has 0 saturated heterocycles. The zero-order valence-corrected chi connectivity index (χ0v) is 30.3. The number of carbonyl (C=O) groups excluding carboxylic acids is 3. The predicted octanol–water partition coefficient (Wildman–Crippen LogP) is 8.26. The number of rotatable bonds is 14. The molecule has 0 bridgehead atoms. The Balaban J connectivity index is 1.43. The van der Waals surface area contributed by atoms with Crippen LogP contribution in [0.3, 0.4) is 0 Å². The third kappa shape index (κ3) is 9.25. The first kappa shape index (κ1) is 37.3. The summed E-state index contributed by atoms with van der Waals surface area (Å²) < 4.78 is 21.8. The average Bonchev–Trinajstić information content (AvgIpc) is 3.17. The normalized spacial score (nSPS) is 11.5. The Bertz CT molecular complexity index is 2080. The summed E-state index contributed by atoms with van der Waals surface area (Å²) in [5, 5.41) is 8.18. The molecular formula is C40H36ClN3O7S. The molecule has 266 valence electrons. The summed E-state index contributed by atoms with van der Waals surface area (Å²) in [7, 11) is 5.99. The van der Waals surface area contributed by atoms with Gasteiger partial charge in [-0.25, -0.2) is 0 Å². The number of anilines is 2. The lowest BCUT2D eigenvalue weighted by atomic mass is 10.1. The van der Waals surface area contributed by atoms with Gasteiger partial charge in [0, 0.05) is 27.8 Å². The summed E-state index contributed by atoms with van der Waals surface area (Å²) in [6.45, 7) is 0. The molecule has 5 rings (SSSR count). The molecule has 0 heterocycles. The molecule has 52 heavy (non-hydrogen) atoms. The molecule has 0 aliphatic rings. The minimum Gasteiger partial charge on any atom is -0.495 e. The summed E-state index contributed by atoms with van der Waals surface area (Å²) in [6.07, 6.45) is 1.52. The SMILES string of the molecule is COc1cc(OC)c(NC(=O)C(Sc2cccc(NC(=O)/C(=C\c3cccc(OC)c3OC)NC(=O)c3ccccc3)c2)c2ccccc2)cc1Cl. The van der Waals surface area contributed by atoms with E-state index in [4.69, 9.17) is 30.5 Å². The summed E-state index contributed by atoms with van der Waals surface area (Å²) >= 11 is 7.66. The fraction of sp³-hybridized carbons (Fsp3) is 0.125. The summed E-state index contributed by atoms with van der Waals surface area (Å²) in [5.41, 5.74) is 2.41. The third-order valence-corrected chi connectivity index (χ3v) is 9.22. The highest BCUT2D eigenvalue weighted by atomic mass is 35.5. The molecule has 0 spiro atoms. The van der Waals surface area contributed by atoms with E-state index in [1.165, 1.54) is 46.3 Å². The van der Waals surface area contributed by atoms with Crippen LogP contribution in [0.25, 0.3) is 6.08 Å². The van der Waals surface area contributed by atoms with E-state index in [-0.39, 0.29) is 11.6 Å². The van der Waals surface area contributed by atoms with Crippen LogP contribution in [0.4, 0.5) is 11.4 Å². The first-order valence-electron chi connectivity index (χ1n) is 15.9. The second-order valence-corrected chi connectivity index (χ2v) is 12.6. The van der Waals surface area contributed by atoms with Crippen LogP contribution in [0.15, 0.2) is 126 Å². The van der Waals surface area contributed by atoms with Gasteiger partial charge in [-0.05, 0) is 54.1 Å². The number of hydrogen-bond acceptors (Lipinski definition) is 8. The first-order valence-corrected chi connectivity index (χ1v) is 17.1. The van der Waals surface area contributed by atoms with E-state index >= 15 is 0 Å². The minimum absolute atomic E-state index is 0.0351. The maximum Gasteiger partial charge on any atom is 0.272 e. The number of thioether (sulfide) groups is 1. The summed E-state index contributed by atoms with van der Waals surface area (Å²) in [4.78, 5) is 41.7. The van der Waals surface area contributed by atoms with E-state index in [1.807, 2.05) is 36.4 Å². The quantitative estimate of drug-likeness (QED) is 0.0769. The van der Waals surface area contributed by atoms with Gasteiger partial charge in [-0.3, -0.25) is 14.4 Å². The van der Waals surface area contributed by atoms with E-state index in [2.05, 4.69) is 16.0 Å². The van der Waals surface area contributed by atoms with Gasteiger partial charge in [0.05, 0.1) is 39.1 Å². The van der Waals surface area contributed by atoms with Gasteiger partial charge in [-0.2, -0.15) is 0 Å². The van der Waals surface area contributed by atoms with Gasteiger partial charge < -0.3 is 34.9 Å². The number of para-hydroxylation sites is 1. The van der Waals surface area contributed by atoms with E-state index in [1.54, 1.807) is 78.9 Å². The number of ether oxygens (including phenoxy) is 4. The monoisotopic (exact) mass is 737 g/mol. The number of methoxy groups -OCH3 is 4. The van der Waals surface area contributed by atoms with Crippen LogP contribution in [-0.4, -0.2) is 46.2 Å². The Hall–Kier alpha value is -5.91. The molecule has 0 aromatic heterocycles. The van der Waals surface area contributed by atoms with Crippen LogP contribution in [-0.2, 0) is 9.59 Å². The van der Waals surface area contributed by atoms with Gasteiger partial charge in [0.15, 0.2) is 11.5 Å². The van der Waals surface area contributed by atoms with Gasteiger partial charge in [0.1, 0.15) is 22.4 Å². The smallest absolute Gasteiger partial charge is 0.272 e. The van der Waals surface area contributed by atoms with Crippen molar-refractivity contribution in [3.8, 4) is 23.0 Å². The zero-order valence-electron chi connectivity index (χ0n) is 28.8. The summed E-state index contributed by atoms with van der Waals surface area (Å²) in [6, 6.07) is 33.3. The molecule has 3 N–H and O–H groups in total. The molecule has 0 aliphatic heterocycles. The van der Waals surface area contributed by atoms with Crippen molar-refractivity contribution >= 4 is 58.5 Å². The van der Waals surface area contributed by atoms with Crippen molar-refractivity contribution in [3.63, 3.8) is 0 Å². The van der Waals surface area contributed by atoms with E-state index < -0.39 is 17.1 Å². The van der Waals surface area contributed by atoms with Gasteiger partial charge in [0.2, 0.25) is 5.91 Å². The molecule has 5 aromatic rings. The maximum absolute atomic E-state index is 13.9. The fourth-order valence-electron chi connectivity index (χ4n) is 5.16. The molecule has 5 aromatic carbocycles. The molecule has 1 atom stereocenters. The molecule has 0 saturated carbocycles. The number of halogens is 1. The molecule has 0 aliphatic carbocycles. The zero-order chi connectivity index (χ0) is 37.0. The largest absolute Gasteiger partial charge is 0.495 e. The lowest BCUT2D eigenvalue weighted by Gasteiger charge is -2.19. The van der Waals surface area contributed by atoms with Crippen molar-refractivity contribution in [2.45, 2.75) is 10.1 Å². The van der Waals surface area contributed by atoms with E-state index in [0.29, 0.717) is 55.4 Å². The van der Waals surface area contributed by atoms with Crippen LogP contribution in [0, 0.1) is 0 Å².